The zero-order valence-corrected chi connectivity index (χ0v) is 19.1. The van der Waals surface area contributed by atoms with E-state index < -0.39 is 36.6 Å². The molecule has 0 spiro atoms. The van der Waals surface area contributed by atoms with Crippen LogP contribution in [0.3, 0.4) is 0 Å². The highest BCUT2D eigenvalue weighted by atomic mass is 35.5. The number of fused-ring (bicyclic) bond motifs is 1. The van der Waals surface area contributed by atoms with E-state index in [2.05, 4.69) is 15.0 Å². The summed E-state index contributed by atoms with van der Waals surface area (Å²) < 4.78 is 7.39. The Morgan fingerprint density at radius 3 is 2.60 bits per heavy atom. The van der Waals surface area contributed by atoms with E-state index in [0.717, 1.165) is 0 Å². The van der Waals surface area contributed by atoms with Crippen LogP contribution in [0.2, 0.25) is 0 Å². The van der Waals surface area contributed by atoms with E-state index in [0.29, 0.717) is 22.7 Å². The number of carbonyl (C=O) groups excluding carboxylic acids is 1. The summed E-state index contributed by atoms with van der Waals surface area (Å²) in [4.78, 5) is 22.8. The van der Waals surface area contributed by atoms with E-state index in [4.69, 9.17) is 16.2 Å². The lowest BCUT2D eigenvalue weighted by Crippen LogP contribution is -2.43. The lowest BCUT2D eigenvalue weighted by Gasteiger charge is -2.16. The molecule has 2 unspecified atom stereocenters. The van der Waals surface area contributed by atoms with E-state index in [-0.39, 0.29) is 60.4 Å². The van der Waals surface area contributed by atoms with Crippen molar-refractivity contribution in [3.63, 3.8) is 0 Å². The monoisotopic (exact) mass is 506 g/mol. The first kappa shape index (κ1) is 28.9. The van der Waals surface area contributed by atoms with Gasteiger partial charge in [0.2, 0.25) is 0 Å². The quantitative estimate of drug-likeness (QED) is 0.306. The van der Waals surface area contributed by atoms with E-state index in [1.165, 1.54) is 17.2 Å². The van der Waals surface area contributed by atoms with Gasteiger partial charge in [-0.05, 0) is 10.9 Å². The first-order valence-electron chi connectivity index (χ1n) is 8.29. The van der Waals surface area contributed by atoms with Gasteiger partial charge in [0, 0.05) is 12.5 Å². The number of hydrogen-bond acceptors (Lipinski definition) is 10. The Bertz CT molecular complexity index is 833. The summed E-state index contributed by atoms with van der Waals surface area (Å²) in [6.45, 7) is 0. The van der Waals surface area contributed by atoms with Crippen molar-refractivity contribution in [1.82, 2.24) is 19.5 Å². The Hall–Kier alpha value is -1.12. The standard InChI is InChI=1S/C15H22N6O5S.3ClH/c1-27(3-2-7(16)15(24)25)4-8-10(22)11(23)14(26-8)21-6-20-9-12(17)18-5-19-13(9)21;;;/h5-8,10-11,14,22-23H,2-4,16H2,1H3,(H2-,17,18,19,24,25);3*1H/t7-,8+,10?,11-,14+,27?;;;/m0.../s1. The Morgan fingerprint density at radius 2 is 1.97 bits per heavy atom. The van der Waals surface area contributed by atoms with E-state index >= 15 is 0 Å². The molecule has 6 N–H and O–H groups in total. The van der Waals surface area contributed by atoms with Crippen LogP contribution >= 0.6 is 37.2 Å². The largest absolute Gasteiger partial charge is 0.548 e. The summed E-state index contributed by atoms with van der Waals surface area (Å²) in [7, 11) is -0.263. The fourth-order valence-electron chi connectivity index (χ4n) is 2.96. The summed E-state index contributed by atoms with van der Waals surface area (Å²) in [6.07, 6.45) is 1.17. The molecule has 2 aromatic rings. The number of nitrogens with zero attached hydrogens (tertiary/aromatic N) is 4. The number of halogens is 3. The molecule has 0 bridgehead atoms. The predicted molar refractivity (Wildman–Crippen MR) is 118 cm³/mol. The van der Waals surface area contributed by atoms with Gasteiger partial charge in [-0.15, -0.1) is 37.2 Å². The maximum atomic E-state index is 10.7. The number of rotatable bonds is 7. The second-order valence-corrected chi connectivity index (χ2v) is 8.80. The van der Waals surface area contributed by atoms with E-state index in [1.807, 2.05) is 6.26 Å². The number of carbonyl (C=O) groups is 1. The molecule has 1 saturated heterocycles. The number of hydrogen-bond donors (Lipinski definition) is 4. The highest BCUT2D eigenvalue weighted by Crippen LogP contribution is 2.32. The van der Waals surface area contributed by atoms with Crippen molar-refractivity contribution in [3.05, 3.63) is 12.7 Å². The van der Waals surface area contributed by atoms with Crippen molar-refractivity contribution >= 4 is 71.1 Å². The van der Waals surface area contributed by atoms with Gasteiger partial charge < -0.3 is 36.3 Å². The second-order valence-electron chi connectivity index (χ2n) is 6.50. The van der Waals surface area contributed by atoms with Crippen LogP contribution in [0.1, 0.15) is 12.6 Å². The Balaban J connectivity index is 0.00000280. The van der Waals surface area contributed by atoms with Crippen LogP contribution < -0.4 is 16.6 Å². The molecule has 172 valence electrons. The number of carboxylic acid groups (broad SMARTS) is 1. The molecule has 0 aliphatic carbocycles. The van der Waals surface area contributed by atoms with Crippen LogP contribution in [0.25, 0.3) is 11.2 Å². The summed E-state index contributed by atoms with van der Waals surface area (Å²) in [5.74, 6) is -0.0611. The Labute approximate surface area is 194 Å². The van der Waals surface area contributed by atoms with Crippen molar-refractivity contribution in [2.45, 2.75) is 37.0 Å². The molecule has 1 fully saturated rings. The molecular formula is C15H25Cl3N6O5S. The molecule has 0 saturated carbocycles. The zero-order valence-electron chi connectivity index (χ0n) is 15.9. The third kappa shape index (κ3) is 5.98. The molecular weight excluding hydrogens is 483 g/mol. The van der Waals surface area contributed by atoms with Gasteiger partial charge in [0.15, 0.2) is 17.7 Å². The van der Waals surface area contributed by atoms with Crippen LogP contribution in [0, 0.1) is 0 Å². The summed E-state index contributed by atoms with van der Waals surface area (Å²) in [5.41, 5.74) is 12.0. The second kappa shape index (κ2) is 12.1. The fourth-order valence-corrected chi connectivity index (χ4v) is 4.62. The van der Waals surface area contributed by atoms with Gasteiger partial charge in [-0.3, -0.25) is 4.57 Å². The smallest absolute Gasteiger partial charge is 0.167 e. The molecule has 30 heavy (non-hydrogen) atoms. The topological polar surface area (TPSA) is 185 Å². The van der Waals surface area contributed by atoms with Crippen molar-refractivity contribution in [2.75, 3.05) is 23.5 Å². The minimum absolute atomic E-state index is 0. The Kier molecular flexibility index (Phi) is 11.6. The number of anilines is 1. The summed E-state index contributed by atoms with van der Waals surface area (Å²) >= 11 is 0. The van der Waals surface area contributed by atoms with E-state index in [1.54, 1.807) is 0 Å². The highest BCUT2D eigenvalue weighted by Gasteiger charge is 2.46. The number of nitrogen functional groups attached to an aromatic ring is 1. The molecule has 3 rings (SSSR count). The van der Waals surface area contributed by atoms with Crippen LogP contribution in [0.4, 0.5) is 5.82 Å². The molecule has 1 aliphatic rings. The molecule has 3 heterocycles. The number of aliphatic hydroxyl groups excluding tert-OH is 2. The van der Waals surface area contributed by atoms with Gasteiger partial charge in [-0.2, -0.15) is 0 Å². The van der Waals surface area contributed by atoms with Gasteiger partial charge in [-0.25, -0.2) is 15.0 Å². The van der Waals surface area contributed by atoms with Crippen molar-refractivity contribution in [1.29, 1.82) is 0 Å². The minimum atomic E-state index is -1.28. The molecule has 0 aromatic carbocycles. The third-order valence-electron chi connectivity index (χ3n) is 4.53. The van der Waals surface area contributed by atoms with Crippen LogP contribution in [-0.4, -0.2) is 77.8 Å². The number of aromatic nitrogens is 4. The van der Waals surface area contributed by atoms with Crippen LogP contribution in [0.15, 0.2) is 12.7 Å². The Morgan fingerprint density at radius 1 is 1.30 bits per heavy atom. The fraction of sp³-hybridized carbons (Fsp3) is 0.600. The number of aliphatic carboxylic acids is 1. The zero-order chi connectivity index (χ0) is 19.7. The van der Waals surface area contributed by atoms with Crippen molar-refractivity contribution < 1.29 is 24.9 Å². The molecule has 6 atom stereocenters. The molecule has 11 nitrogen and oxygen atoms in total. The normalized spacial score (nSPS) is 24.9. The van der Waals surface area contributed by atoms with Crippen LogP contribution in [-0.2, 0) is 20.4 Å². The lowest BCUT2D eigenvalue weighted by atomic mass is 10.1. The van der Waals surface area contributed by atoms with Crippen molar-refractivity contribution in [2.24, 2.45) is 5.73 Å². The first-order valence-corrected chi connectivity index (χ1v) is 10.3. The van der Waals surface area contributed by atoms with Crippen molar-refractivity contribution in [3.8, 4) is 0 Å². The first-order chi connectivity index (χ1) is 12.8. The predicted octanol–water partition coefficient (Wildman–Crippen LogP) is -1.99. The molecule has 2 aromatic heterocycles. The number of nitrogens with two attached hydrogens (primary N) is 2. The average molecular weight is 508 g/mol. The average Bonchev–Trinajstić information content (AvgIpc) is 3.17. The van der Waals surface area contributed by atoms with Gasteiger partial charge in [0.05, 0.1) is 18.6 Å². The summed E-state index contributed by atoms with van der Waals surface area (Å²) in [6, 6.07) is -1.02. The van der Waals surface area contributed by atoms with Gasteiger partial charge in [-0.1, -0.05) is 0 Å². The van der Waals surface area contributed by atoms with Gasteiger partial charge in [0.1, 0.15) is 41.7 Å². The number of imidazole rings is 1. The van der Waals surface area contributed by atoms with Crippen LogP contribution in [0.5, 0.6) is 0 Å². The molecule has 1 aliphatic heterocycles. The molecule has 0 radical (unpaired) electrons. The minimum Gasteiger partial charge on any atom is -0.548 e. The summed E-state index contributed by atoms with van der Waals surface area (Å²) in [5, 5.41) is 31.5. The highest BCUT2D eigenvalue weighted by molar-refractivity contribution is 7.96. The third-order valence-corrected chi connectivity index (χ3v) is 6.36. The lowest BCUT2D eigenvalue weighted by molar-refractivity contribution is -0.307. The maximum absolute atomic E-state index is 10.7. The maximum Gasteiger partial charge on any atom is 0.167 e. The SMILES string of the molecule is C[S+](CC[C@H](N)C(=O)[O-])C[C@H]1O[C@@H](n2cnc3c(N)ncnc32)[C@@H](O)C1O.Cl.Cl.Cl. The molecule has 0 amide bonds. The number of carboxylic acids is 1. The van der Waals surface area contributed by atoms with E-state index in [9.17, 15) is 20.1 Å². The van der Waals surface area contributed by atoms with Gasteiger partial charge >= 0.3 is 0 Å². The number of ether oxygens (including phenoxy) is 1. The van der Waals surface area contributed by atoms with Gasteiger partial charge in [0.25, 0.3) is 0 Å². The molecule has 15 heteroatoms. The number of aliphatic hydroxyl groups is 2.